The zero-order valence-corrected chi connectivity index (χ0v) is 14.2. The zero-order valence-electron chi connectivity index (χ0n) is 14.2. The summed E-state index contributed by atoms with van der Waals surface area (Å²) in [4.78, 5) is 30.9. The fraction of sp³-hybridized carbons (Fsp3) is 0. The number of benzene rings is 1. The molecule has 1 aromatic carbocycles. The van der Waals surface area contributed by atoms with Gasteiger partial charge in [0.05, 0.1) is 11.2 Å². The lowest BCUT2D eigenvalue weighted by atomic mass is 10.1. The van der Waals surface area contributed by atoms with Gasteiger partial charge in [0.15, 0.2) is 0 Å². The Morgan fingerprint density at radius 2 is 1.78 bits per heavy atom. The third-order valence-electron chi connectivity index (χ3n) is 3.99. The van der Waals surface area contributed by atoms with Crippen molar-refractivity contribution in [2.45, 2.75) is 0 Å². The molecule has 0 radical (unpaired) electrons. The van der Waals surface area contributed by atoms with E-state index in [2.05, 4.69) is 28.4 Å². The van der Waals surface area contributed by atoms with Crippen molar-refractivity contribution < 1.29 is 15.0 Å². The van der Waals surface area contributed by atoms with Gasteiger partial charge in [-0.05, 0) is 24.3 Å². The first kappa shape index (κ1) is 17.8. The smallest absolute Gasteiger partial charge is 0.261 e. The average Bonchev–Trinajstić information content (AvgIpc) is 2.98. The summed E-state index contributed by atoms with van der Waals surface area (Å²) in [5.41, 5.74) is 0.00586. The van der Waals surface area contributed by atoms with Gasteiger partial charge in [-0.3, -0.25) is 9.59 Å². The molecule has 136 valence electrons. The van der Waals surface area contributed by atoms with Gasteiger partial charge in [-0.15, -0.1) is 0 Å². The summed E-state index contributed by atoms with van der Waals surface area (Å²) in [7, 11) is 0. The van der Waals surface area contributed by atoms with Gasteiger partial charge in [0.25, 0.3) is 5.91 Å². The number of anilines is 1. The number of nitrogens with one attached hydrogen (secondary N) is 3. The number of hydrogen-bond acceptors (Lipinski definition) is 4. The van der Waals surface area contributed by atoms with E-state index in [4.69, 9.17) is 0 Å². The van der Waals surface area contributed by atoms with Crippen molar-refractivity contribution in [3.05, 3.63) is 76.2 Å². The Morgan fingerprint density at radius 1 is 1.04 bits per heavy atom. The first-order chi connectivity index (χ1) is 13.0. The quantitative estimate of drug-likeness (QED) is 0.451. The zero-order chi connectivity index (χ0) is 19.6. The van der Waals surface area contributed by atoms with Crippen LogP contribution in [0.3, 0.4) is 0 Å². The monoisotopic (exact) mass is 363 g/mol. The number of rotatable bonds is 4. The van der Waals surface area contributed by atoms with E-state index < -0.39 is 11.3 Å². The highest BCUT2D eigenvalue weighted by atomic mass is 16.3. The highest BCUT2D eigenvalue weighted by molar-refractivity contribution is 6.06. The fourth-order valence-corrected chi connectivity index (χ4v) is 2.70. The van der Waals surface area contributed by atoms with E-state index >= 15 is 0 Å². The normalized spacial score (nSPS) is 12.3. The molecule has 7 heteroatoms. The van der Waals surface area contributed by atoms with Gasteiger partial charge >= 0.3 is 0 Å². The van der Waals surface area contributed by atoms with Crippen LogP contribution in [0.15, 0.2) is 54.6 Å². The summed E-state index contributed by atoms with van der Waals surface area (Å²) in [6.45, 7) is 7.17. The number of pyridine rings is 1. The molecule has 2 heterocycles. The molecule has 0 unspecified atom stereocenters. The summed E-state index contributed by atoms with van der Waals surface area (Å²) in [6, 6.07) is 2.78. The summed E-state index contributed by atoms with van der Waals surface area (Å²) in [5, 5.41) is 23.5. The number of amides is 1. The van der Waals surface area contributed by atoms with Gasteiger partial charge in [-0.1, -0.05) is 25.3 Å². The molecular formula is C20H17N3O4. The predicted octanol–water partition coefficient (Wildman–Crippen LogP) is 1.45. The van der Waals surface area contributed by atoms with Crippen molar-refractivity contribution >= 4 is 34.6 Å². The first-order valence-electron chi connectivity index (χ1n) is 7.98. The maximum atomic E-state index is 12.7. The van der Waals surface area contributed by atoms with E-state index in [1.807, 2.05) is 0 Å². The Balaban J connectivity index is 2.06. The molecule has 2 aromatic heterocycles. The molecule has 0 aliphatic carbocycles. The topological polar surface area (TPSA) is 118 Å². The molecule has 0 saturated carbocycles. The van der Waals surface area contributed by atoms with Gasteiger partial charge in [0.2, 0.25) is 5.43 Å². The molecule has 3 aromatic rings. The van der Waals surface area contributed by atoms with Crippen LogP contribution in [0.2, 0.25) is 0 Å². The molecule has 0 fully saturated rings. The van der Waals surface area contributed by atoms with Gasteiger partial charge in [0.1, 0.15) is 17.1 Å². The summed E-state index contributed by atoms with van der Waals surface area (Å²) in [6.07, 6.45) is 8.73. The van der Waals surface area contributed by atoms with E-state index in [-0.39, 0.29) is 28.0 Å². The van der Waals surface area contributed by atoms with Gasteiger partial charge < -0.3 is 25.5 Å². The third-order valence-corrected chi connectivity index (χ3v) is 3.99. The molecule has 0 bridgehead atoms. The molecule has 0 spiro atoms. The number of allylic oxidation sites excluding steroid dienone is 2. The van der Waals surface area contributed by atoms with Gasteiger partial charge in [-0.2, -0.15) is 0 Å². The Morgan fingerprint density at radius 3 is 2.48 bits per heavy atom. The molecular weight excluding hydrogens is 346 g/mol. The molecule has 5 N–H and O–H groups in total. The number of carbonyl (C=O) groups excluding carboxylic acids is 1. The number of phenols is 1. The Bertz CT molecular complexity index is 1250. The number of fused-ring (bicyclic) bond motifs is 1. The Hall–Kier alpha value is -4.00. The highest BCUT2D eigenvalue weighted by Crippen LogP contribution is 2.33. The Kier molecular flexibility index (Phi) is 4.68. The molecule has 0 saturated heterocycles. The number of H-pyrrole nitrogens is 2. The molecule has 1 amide bonds. The number of aromatic nitrogens is 2. The third kappa shape index (κ3) is 3.25. The largest absolute Gasteiger partial charge is 0.506 e. The van der Waals surface area contributed by atoms with Crippen molar-refractivity contribution in [1.29, 1.82) is 0 Å². The minimum atomic E-state index is -0.689. The van der Waals surface area contributed by atoms with Crippen LogP contribution >= 0.6 is 0 Å². The molecule has 0 aliphatic rings. The lowest BCUT2D eigenvalue weighted by Gasteiger charge is -2.08. The summed E-state index contributed by atoms with van der Waals surface area (Å²) >= 11 is 0. The van der Waals surface area contributed by atoms with Crippen molar-refractivity contribution in [1.82, 2.24) is 9.97 Å². The van der Waals surface area contributed by atoms with E-state index in [1.165, 1.54) is 42.8 Å². The van der Waals surface area contributed by atoms with Crippen LogP contribution < -0.4 is 21.3 Å². The van der Waals surface area contributed by atoms with Gasteiger partial charge in [0, 0.05) is 28.3 Å². The van der Waals surface area contributed by atoms with Crippen LogP contribution in [0, 0.1) is 0 Å². The van der Waals surface area contributed by atoms with E-state index in [1.54, 1.807) is 6.08 Å². The van der Waals surface area contributed by atoms with Crippen molar-refractivity contribution in [2.24, 2.45) is 0 Å². The molecule has 0 atom stereocenters. The number of phenolic OH excluding ortho intramolecular Hbond substituents is 1. The second-order valence-corrected chi connectivity index (χ2v) is 5.71. The predicted molar refractivity (Wildman–Crippen MR) is 105 cm³/mol. The standard InChI is InChI=1S/C20H17N3O4/c1-3-5-11-14(6-4-2)21-9-13(19(11)26)20(27)23-16-8-15-12(7-17(16)24)18(25)10-22-15/h3-10,21-22,24-25H,1-2H2,(H,23,27)/b11-5+,14-6+. The van der Waals surface area contributed by atoms with Crippen molar-refractivity contribution in [3.8, 4) is 11.5 Å². The molecule has 7 nitrogen and oxygen atoms in total. The lowest BCUT2D eigenvalue weighted by Crippen LogP contribution is -2.44. The van der Waals surface area contributed by atoms with Crippen molar-refractivity contribution in [3.63, 3.8) is 0 Å². The fourth-order valence-electron chi connectivity index (χ4n) is 2.70. The highest BCUT2D eigenvalue weighted by Gasteiger charge is 2.15. The summed E-state index contributed by atoms with van der Waals surface area (Å²) < 4.78 is 0. The van der Waals surface area contributed by atoms with Crippen LogP contribution in [0.25, 0.3) is 23.1 Å². The second kappa shape index (κ2) is 7.09. The SMILES string of the molecule is C=C/C=c1/[nH]cc(C(=O)Nc2cc3[nH]cc(O)c3cc2O)c(=O)/c1=C/C=C. The molecule has 3 rings (SSSR count). The summed E-state index contributed by atoms with van der Waals surface area (Å²) in [5.74, 6) is -0.949. The second-order valence-electron chi connectivity index (χ2n) is 5.71. The van der Waals surface area contributed by atoms with Crippen LogP contribution in [-0.4, -0.2) is 26.1 Å². The lowest BCUT2D eigenvalue weighted by molar-refractivity contribution is 0.102. The molecule has 27 heavy (non-hydrogen) atoms. The number of aromatic amines is 2. The Labute approximate surface area is 153 Å². The molecule has 0 aliphatic heterocycles. The van der Waals surface area contributed by atoms with Crippen LogP contribution in [0.1, 0.15) is 10.4 Å². The van der Waals surface area contributed by atoms with Crippen LogP contribution in [0.4, 0.5) is 5.69 Å². The van der Waals surface area contributed by atoms with Crippen molar-refractivity contribution in [2.75, 3.05) is 5.32 Å². The van der Waals surface area contributed by atoms with E-state index in [0.29, 0.717) is 16.3 Å². The van der Waals surface area contributed by atoms with E-state index in [9.17, 15) is 19.8 Å². The van der Waals surface area contributed by atoms with Crippen LogP contribution in [0.5, 0.6) is 11.5 Å². The number of carbonyl (C=O) groups is 1. The number of hydrogen-bond donors (Lipinski definition) is 5. The first-order valence-corrected chi connectivity index (χ1v) is 7.98. The minimum absolute atomic E-state index is 0.0201. The maximum Gasteiger partial charge on any atom is 0.261 e. The maximum absolute atomic E-state index is 12.7. The van der Waals surface area contributed by atoms with Gasteiger partial charge in [-0.25, -0.2) is 0 Å². The van der Waals surface area contributed by atoms with Crippen LogP contribution in [-0.2, 0) is 0 Å². The van der Waals surface area contributed by atoms with E-state index in [0.717, 1.165) is 0 Å². The average molecular weight is 363 g/mol. The minimum Gasteiger partial charge on any atom is -0.506 e. The number of aromatic hydroxyl groups is 2.